The van der Waals surface area contributed by atoms with Gasteiger partial charge in [-0.05, 0) is 51.4 Å². The predicted octanol–water partition coefficient (Wildman–Crippen LogP) is 3.10. The quantitative estimate of drug-likeness (QED) is 0.151. The molecule has 1 heterocycles. The minimum atomic E-state index is -1.23. The lowest BCUT2D eigenvalue weighted by atomic mass is 9.67. The number of carbonyl (C=O) groups excluding carboxylic acids is 3. The van der Waals surface area contributed by atoms with Gasteiger partial charge in [0.15, 0.2) is 0 Å². The van der Waals surface area contributed by atoms with Gasteiger partial charge in [-0.15, -0.1) is 0 Å². The van der Waals surface area contributed by atoms with E-state index < -0.39 is 37.0 Å². The number of esters is 1. The summed E-state index contributed by atoms with van der Waals surface area (Å²) < 4.78 is 11.0. The molecule has 2 aromatic rings. The van der Waals surface area contributed by atoms with Crippen molar-refractivity contribution in [1.82, 2.24) is 20.4 Å². The lowest BCUT2D eigenvalue weighted by molar-refractivity contribution is -0.140. The lowest BCUT2D eigenvalue weighted by Gasteiger charge is -2.33. The van der Waals surface area contributed by atoms with Crippen molar-refractivity contribution in [2.45, 2.75) is 71.5 Å². The minimum Gasteiger partial charge on any atom is -0.469 e. The van der Waals surface area contributed by atoms with Crippen LogP contribution < -0.4 is 10.6 Å². The Balaban J connectivity index is 2.24. The standard InChI is InChI=1S/C30H45BN4O6/c1-7-8-19-41-31(35(5)18-17-27(37)40-6)26(20-21(2)3)33-30(39)28(22(4)36)34-29(38)25-16-12-15-24(32-25)23-13-10-9-11-14-23/h9-16,21-22,26,28,36H,7-8,17-20H2,1-6H3,(H,33,39)(H,34,38)/t22-,26+,28+/m1/s1. The Morgan fingerprint density at radius 2 is 1.76 bits per heavy atom. The van der Waals surface area contributed by atoms with Gasteiger partial charge in [0, 0.05) is 12.2 Å². The molecule has 224 valence electrons. The molecule has 0 bridgehead atoms. The second-order valence-electron chi connectivity index (χ2n) is 10.6. The molecular formula is C30H45BN4O6. The molecule has 3 atom stereocenters. The third-order valence-corrected chi connectivity index (χ3v) is 6.62. The van der Waals surface area contributed by atoms with Gasteiger partial charge in [-0.25, -0.2) is 4.98 Å². The minimum absolute atomic E-state index is 0.131. The van der Waals surface area contributed by atoms with Crippen LogP contribution in [0, 0.1) is 5.92 Å². The molecule has 0 aliphatic heterocycles. The summed E-state index contributed by atoms with van der Waals surface area (Å²) in [5, 5.41) is 16.2. The number of methoxy groups -OCH3 is 1. The van der Waals surface area contributed by atoms with Crippen molar-refractivity contribution in [1.29, 1.82) is 0 Å². The van der Waals surface area contributed by atoms with Crippen LogP contribution in [0.25, 0.3) is 11.3 Å². The van der Waals surface area contributed by atoms with Crippen molar-refractivity contribution in [3.8, 4) is 11.3 Å². The van der Waals surface area contributed by atoms with Gasteiger partial charge in [-0.2, -0.15) is 0 Å². The Morgan fingerprint density at radius 3 is 2.37 bits per heavy atom. The number of rotatable bonds is 17. The average Bonchev–Trinajstić information content (AvgIpc) is 2.96. The van der Waals surface area contributed by atoms with E-state index in [2.05, 4.69) is 22.5 Å². The summed E-state index contributed by atoms with van der Waals surface area (Å²) in [6, 6.07) is 13.3. The first-order valence-electron chi connectivity index (χ1n) is 14.3. The zero-order chi connectivity index (χ0) is 30.4. The molecule has 0 aliphatic rings. The highest BCUT2D eigenvalue weighted by molar-refractivity contribution is 6.51. The van der Waals surface area contributed by atoms with Crippen molar-refractivity contribution in [2.24, 2.45) is 5.92 Å². The summed E-state index contributed by atoms with van der Waals surface area (Å²) in [7, 11) is 2.64. The Bertz CT molecular complexity index is 1100. The van der Waals surface area contributed by atoms with Crippen LogP contribution >= 0.6 is 0 Å². The second kappa shape index (κ2) is 17.5. The van der Waals surface area contributed by atoms with Crippen LogP contribution in [0.3, 0.4) is 0 Å². The molecule has 0 saturated carbocycles. The number of aliphatic hydroxyl groups is 1. The van der Waals surface area contributed by atoms with Crippen molar-refractivity contribution < 1.29 is 28.9 Å². The Kier molecular flexibility index (Phi) is 14.5. The van der Waals surface area contributed by atoms with E-state index in [-0.39, 0.29) is 24.0 Å². The van der Waals surface area contributed by atoms with Gasteiger partial charge >= 0.3 is 13.0 Å². The fourth-order valence-corrected chi connectivity index (χ4v) is 4.37. The molecule has 2 rings (SSSR count). The summed E-state index contributed by atoms with van der Waals surface area (Å²) in [6.45, 7) is 8.44. The molecule has 0 unspecified atom stereocenters. The van der Waals surface area contributed by atoms with Gasteiger partial charge in [0.1, 0.15) is 11.7 Å². The topological polar surface area (TPSA) is 130 Å². The molecule has 3 N–H and O–H groups in total. The number of nitrogens with zero attached hydrogens (tertiary/aromatic N) is 2. The second-order valence-corrected chi connectivity index (χ2v) is 10.6. The molecule has 0 aliphatic carbocycles. The van der Waals surface area contributed by atoms with Crippen LogP contribution in [0.2, 0.25) is 0 Å². The van der Waals surface area contributed by atoms with E-state index in [0.29, 0.717) is 25.3 Å². The maximum atomic E-state index is 13.5. The van der Waals surface area contributed by atoms with E-state index in [1.165, 1.54) is 14.0 Å². The molecule has 11 heteroatoms. The first-order chi connectivity index (χ1) is 19.6. The highest BCUT2D eigenvalue weighted by atomic mass is 16.5. The molecule has 0 radical (unpaired) electrons. The van der Waals surface area contributed by atoms with Crippen LogP contribution in [-0.4, -0.2) is 85.1 Å². The smallest absolute Gasteiger partial charge is 0.406 e. The molecule has 10 nitrogen and oxygen atoms in total. The fraction of sp³-hybridized carbons (Fsp3) is 0.533. The van der Waals surface area contributed by atoms with Gasteiger partial charge in [0.05, 0.1) is 31.3 Å². The number of ether oxygens (including phenoxy) is 1. The summed E-state index contributed by atoms with van der Waals surface area (Å²) in [4.78, 5) is 44.8. The fourth-order valence-electron chi connectivity index (χ4n) is 4.37. The van der Waals surface area contributed by atoms with Gasteiger partial charge in [-0.3, -0.25) is 14.4 Å². The van der Waals surface area contributed by atoms with E-state index in [9.17, 15) is 19.5 Å². The third-order valence-electron chi connectivity index (χ3n) is 6.62. The first-order valence-corrected chi connectivity index (χ1v) is 14.3. The number of amides is 2. The van der Waals surface area contributed by atoms with Crippen LogP contribution in [0.1, 0.15) is 63.9 Å². The largest absolute Gasteiger partial charge is 0.469 e. The number of carbonyl (C=O) groups is 3. The lowest BCUT2D eigenvalue weighted by Crippen LogP contribution is -2.61. The maximum Gasteiger partial charge on any atom is 0.406 e. The summed E-state index contributed by atoms with van der Waals surface area (Å²) in [5.74, 6) is -1.72. The summed E-state index contributed by atoms with van der Waals surface area (Å²) >= 11 is 0. The van der Waals surface area contributed by atoms with Crippen molar-refractivity contribution >= 4 is 24.8 Å². The summed E-state index contributed by atoms with van der Waals surface area (Å²) in [5.41, 5.74) is 1.61. The van der Waals surface area contributed by atoms with Crippen LogP contribution in [0.4, 0.5) is 0 Å². The highest BCUT2D eigenvalue weighted by Crippen LogP contribution is 2.17. The molecule has 1 aromatic carbocycles. The SMILES string of the molecule is CCCCOB([C@H](CC(C)C)NC(=O)[C@@H](NC(=O)c1cccc(-c2ccccc2)n1)[C@@H](C)O)N(C)CCC(=O)OC. The Morgan fingerprint density at radius 1 is 1.05 bits per heavy atom. The molecule has 0 fully saturated rings. The number of benzene rings is 1. The maximum absolute atomic E-state index is 13.5. The zero-order valence-corrected chi connectivity index (χ0v) is 25.1. The zero-order valence-electron chi connectivity index (χ0n) is 25.1. The molecular weight excluding hydrogens is 523 g/mol. The van der Waals surface area contributed by atoms with Gasteiger partial charge in [-0.1, -0.05) is 63.6 Å². The van der Waals surface area contributed by atoms with Crippen LogP contribution in [-0.2, 0) is 19.0 Å². The van der Waals surface area contributed by atoms with Crippen molar-refractivity contribution in [3.05, 3.63) is 54.2 Å². The van der Waals surface area contributed by atoms with Gasteiger partial charge < -0.3 is 29.9 Å². The number of pyridine rings is 1. The monoisotopic (exact) mass is 568 g/mol. The van der Waals surface area contributed by atoms with E-state index in [1.54, 1.807) is 18.2 Å². The number of nitrogens with one attached hydrogen (secondary N) is 2. The van der Waals surface area contributed by atoms with E-state index >= 15 is 0 Å². The highest BCUT2D eigenvalue weighted by Gasteiger charge is 2.37. The first kappa shape index (κ1) is 33.9. The number of aliphatic hydroxyl groups excluding tert-OH is 1. The normalized spacial score (nSPS) is 13.4. The number of hydrogen-bond acceptors (Lipinski definition) is 8. The number of unbranched alkanes of at least 4 members (excludes halogenated alkanes) is 1. The van der Waals surface area contributed by atoms with Crippen LogP contribution in [0.15, 0.2) is 48.5 Å². The number of hydrogen-bond donors (Lipinski definition) is 3. The molecule has 2 amide bonds. The molecule has 0 spiro atoms. The van der Waals surface area contributed by atoms with Crippen molar-refractivity contribution in [2.75, 3.05) is 27.3 Å². The Hall–Kier alpha value is -3.28. The van der Waals surface area contributed by atoms with Crippen molar-refractivity contribution in [3.63, 3.8) is 0 Å². The molecule has 0 saturated heterocycles. The molecule has 1 aromatic heterocycles. The van der Waals surface area contributed by atoms with E-state index in [4.69, 9.17) is 9.39 Å². The average molecular weight is 569 g/mol. The predicted molar refractivity (Wildman–Crippen MR) is 160 cm³/mol. The molecule has 41 heavy (non-hydrogen) atoms. The van der Waals surface area contributed by atoms with Gasteiger partial charge in [0.2, 0.25) is 5.91 Å². The number of aromatic nitrogens is 1. The van der Waals surface area contributed by atoms with Gasteiger partial charge in [0.25, 0.3) is 5.91 Å². The van der Waals surface area contributed by atoms with Crippen LogP contribution in [0.5, 0.6) is 0 Å². The van der Waals surface area contributed by atoms with E-state index in [1.807, 2.05) is 56.0 Å². The summed E-state index contributed by atoms with van der Waals surface area (Å²) in [6.07, 6.45) is 1.35. The third kappa shape index (κ3) is 11.3. The Labute approximate surface area is 244 Å². The van der Waals surface area contributed by atoms with E-state index in [0.717, 1.165) is 18.4 Å².